The van der Waals surface area contributed by atoms with Crippen molar-refractivity contribution in [1.29, 1.82) is 0 Å². The Bertz CT molecular complexity index is 359. The normalized spacial score (nSPS) is 18.1. The van der Waals surface area contributed by atoms with Gasteiger partial charge in [0.05, 0.1) is 0 Å². The molecule has 0 aliphatic heterocycles. The van der Waals surface area contributed by atoms with E-state index in [-0.39, 0.29) is 5.78 Å². The summed E-state index contributed by atoms with van der Waals surface area (Å²) in [5.74, 6) is 0.822. The average molecular weight is 216 g/mol. The van der Waals surface area contributed by atoms with Crippen LogP contribution >= 0.6 is 0 Å². The SMILES string of the molecule is CC(=O)c1ccccc1C1CCCCCC1. The first-order valence-corrected chi connectivity index (χ1v) is 6.39. The highest BCUT2D eigenvalue weighted by Gasteiger charge is 2.18. The second-order valence-corrected chi connectivity index (χ2v) is 4.83. The number of Topliss-reactive ketones (excluding diaryl/α,β-unsaturated/α-hetero) is 1. The number of hydrogen-bond donors (Lipinski definition) is 0. The highest BCUT2D eigenvalue weighted by molar-refractivity contribution is 5.95. The predicted octanol–water partition coefficient (Wildman–Crippen LogP) is 4.33. The van der Waals surface area contributed by atoms with Crippen molar-refractivity contribution in [2.24, 2.45) is 0 Å². The van der Waals surface area contributed by atoms with Gasteiger partial charge in [-0.15, -0.1) is 0 Å². The Morgan fingerprint density at radius 1 is 1.06 bits per heavy atom. The maximum Gasteiger partial charge on any atom is 0.160 e. The molecule has 0 spiro atoms. The van der Waals surface area contributed by atoms with Gasteiger partial charge in [-0.05, 0) is 31.2 Å². The van der Waals surface area contributed by atoms with E-state index in [2.05, 4.69) is 12.1 Å². The van der Waals surface area contributed by atoms with Crippen LogP contribution in [0.15, 0.2) is 24.3 Å². The van der Waals surface area contributed by atoms with E-state index in [1.165, 1.54) is 44.1 Å². The molecule has 2 rings (SSSR count). The zero-order valence-electron chi connectivity index (χ0n) is 10.0. The monoisotopic (exact) mass is 216 g/mol. The minimum atomic E-state index is 0.208. The van der Waals surface area contributed by atoms with E-state index in [0.717, 1.165) is 5.56 Å². The third-order valence-corrected chi connectivity index (χ3v) is 3.64. The number of carbonyl (C=O) groups is 1. The van der Waals surface area contributed by atoms with Crippen molar-refractivity contribution in [1.82, 2.24) is 0 Å². The van der Waals surface area contributed by atoms with Crippen molar-refractivity contribution in [2.75, 3.05) is 0 Å². The number of ketones is 1. The molecular weight excluding hydrogens is 196 g/mol. The van der Waals surface area contributed by atoms with Crippen LogP contribution in [0.25, 0.3) is 0 Å². The number of benzene rings is 1. The van der Waals surface area contributed by atoms with Crippen molar-refractivity contribution in [3.05, 3.63) is 35.4 Å². The van der Waals surface area contributed by atoms with Gasteiger partial charge in [0.1, 0.15) is 0 Å². The Kier molecular flexibility index (Phi) is 3.76. The van der Waals surface area contributed by atoms with Gasteiger partial charge < -0.3 is 0 Å². The summed E-state index contributed by atoms with van der Waals surface area (Å²) >= 11 is 0. The predicted molar refractivity (Wildman–Crippen MR) is 66.9 cm³/mol. The van der Waals surface area contributed by atoms with Crippen molar-refractivity contribution in [3.8, 4) is 0 Å². The number of hydrogen-bond acceptors (Lipinski definition) is 1. The lowest BCUT2D eigenvalue weighted by atomic mass is 9.87. The fraction of sp³-hybridized carbons (Fsp3) is 0.533. The Morgan fingerprint density at radius 3 is 2.31 bits per heavy atom. The van der Waals surface area contributed by atoms with Crippen molar-refractivity contribution < 1.29 is 4.79 Å². The highest BCUT2D eigenvalue weighted by atomic mass is 16.1. The molecule has 1 fully saturated rings. The van der Waals surface area contributed by atoms with Crippen LogP contribution in [0.2, 0.25) is 0 Å². The molecule has 0 aromatic heterocycles. The summed E-state index contributed by atoms with van der Waals surface area (Å²) in [4.78, 5) is 11.6. The molecule has 1 aliphatic rings. The molecule has 86 valence electrons. The first kappa shape index (κ1) is 11.4. The molecule has 0 radical (unpaired) electrons. The molecule has 1 nitrogen and oxygen atoms in total. The van der Waals surface area contributed by atoms with Gasteiger partial charge in [0, 0.05) is 5.56 Å². The summed E-state index contributed by atoms with van der Waals surface area (Å²) < 4.78 is 0. The maximum absolute atomic E-state index is 11.6. The Balaban J connectivity index is 2.27. The molecule has 0 amide bonds. The largest absolute Gasteiger partial charge is 0.295 e. The summed E-state index contributed by atoms with van der Waals surface area (Å²) in [7, 11) is 0. The van der Waals surface area contributed by atoms with E-state index in [4.69, 9.17) is 0 Å². The van der Waals surface area contributed by atoms with Gasteiger partial charge in [0.2, 0.25) is 0 Å². The van der Waals surface area contributed by atoms with Crippen LogP contribution in [0.1, 0.15) is 67.3 Å². The minimum Gasteiger partial charge on any atom is -0.295 e. The smallest absolute Gasteiger partial charge is 0.160 e. The summed E-state index contributed by atoms with van der Waals surface area (Å²) in [6.07, 6.45) is 7.86. The lowest BCUT2D eigenvalue weighted by molar-refractivity contribution is 0.101. The van der Waals surface area contributed by atoms with E-state index in [1.54, 1.807) is 6.92 Å². The van der Waals surface area contributed by atoms with Crippen molar-refractivity contribution in [3.63, 3.8) is 0 Å². The van der Waals surface area contributed by atoms with Crippen LogP contribution in [-0.2, 0) is 0 Å². The fourth-order valence-electron chi connectivity index (χ4n) is 2.76. The van der Waals surface area contributed by atoms with Crippen LogP contribution in [0.5, 0.6) is 0 Å². The van der Waals surface area contributed by atoms with E-state index >= 15 is 0 Å². The zero-order valence-corrected chi connectivity index (χ0v) is 10.0. The summed E-state index contributed by atoms with van der Waals surface area (Å²) in [6.45, 7) is 1.68. The first-order valence-electron chi connectivity index (χ1n) is 6.39. The Morgan fingerprint density at radius 2 is 1.69 bits per heavy atom. The lowest BCUT2D eigenvalue weighted by Crippen LogP contribution is -2.05. The molecule has 0 N–H and O–H groups in total. The third-order valence-electron chi connectivity index (χ3n) is 3.64. The molecule has 0 saturated heterocycles. The molecule has 1 saturated carbocycles. The minimum absolute atomic E-state index is 0.208. The molecule has 16 heavy (non-hydrogen) atoms. The van der Waals surface area contributed by atoms with Gasteiger partial charge in [-0.3, -0.25) is 4.79 Å². The van der Waals surface area contributed by atoms with Crippen LogP contribution in [0.4, 0.5) is 0 Å². The van der Waals surface area contributed by atoms with Crippen LogP contribution < -0.4 is 0 Å². The molecule has 0 bridgehead atoms. The molecule has 0 unspecified atom stereocenters. The van der Waals surface area contributed by atoms with Gasteiger partial charge in [0.15, 0.2) is 5.78 Å². The Hall–Kier alpha value is -1.11. The molecular formula is C15H20O. The van der Waals surface area contributed by atoms with Crippen LogP contribution in [0, 0.1) is 0 Å². The standard InChI is InChI=1S/C15H20O/c1-12(16)14-10-6-7-11-15(14)13-8-4-2-3-5-9-13/h6-7,10-11,13H,2-5,8-9H2,1H3. The summed E-state index contributed by atoms with van der Waals surface area (Å²) in [6, 6.07) is 8.15. The molecule has 1 aromatic rings. The second-order valence-electron chi connectivity index (χ2n) is 4.83. The molecule has 0 heterocycles. The van der Waals surface area contributed by atoms with Gasteiger partial charge >= 0.3 is 0 Å². The van der Waals surface area contributed by atoms with Gasteiger partial charge in [-0.2, -0.15) is 0 Å². The van der Waals surface area contributed by atoms with Crippen LogP contribution in [-0.4, -0.2) is 5.78 Å². The first-order chi connectivity index (χ1) is 7.79. The summed E-state index contributed by atoms with van der Waals surface area (Å²) in [5, 5.41) is 0. The summed E-state index contributed by atoms with van der Waals surface area (Å²) in [5.41, 5.74) is 2.23. The van der Waals surface area contributed by atoms with Crippen molar-refractivity contribution in [2.45, 2.75) is 51.4 Å². The quantitative estimate of drug-likeness (QED) is 0.531. The Labute approximate surface area is 97.9 Å². The topological polar surface area (TPSA) is 17.1 Å². The molecule has 0 atom stereocenters. The fourth-order valence-corrected chi connectivity index (χ4v) is 2.76. The van der Waals surface area contributed by atoms with Gasteiger partial charge in [0.25, 0.3) is 0 Å². The highest BCUT2D eigenvalue weighted by Crippen LogP contribution is 2.33. The van der Waals surface area contributed by atoms with Gasteiger partial charge in [-0.1, -0.05) is 49.9 Å². The van der Waals surface area contributed by atoms with E-state index in [0.29, 0.717) is 5.92 Å². The lowest BCUT2D eigenvalue weighted by Gasteiger charge is -2.17. The average Bonchev–Trinajstić information content (AvgIpc) is 2.57. The van der Waals surface area contributed by atoms with E-state index in [9.17, 15) is 4.79 Å². The van der Waals surface area contributed by atoms with E-state index in [1.807, 2.05) is 12.1 Å². The number of rotatable bonds is 2. The second kappa shape index (κ2) is 5.29. The third kappa shape index (κ3) is 2.52. The number of carbonyl (C=O) groups excluding carboxylic acids is 1. The molecule has 1 aromatic carbocycles. The molecule has 1 aliphatic carbocycles. The maximum atomic E-state index is 11.6. The van der Waals surface area contributed by atoms with Crippen LogP contribution in [0.3, 0.4) is 0 Å². The van der Waals surface area contributed by atoms with Gasteiger partial charge in [-0.25, -0.2) is 0 Å². The van der Waals surface area contributed by atoms with E-state index < -0.39 is 0 Å². The molecule has 1 heteroatoms. The van der Waals surface area contributed by atoms with Crippen molar-refractivity contribution >= 4 is 5.78 Å². The zero-order chi connectivity index (χ0) is 11.4.